The number of halogens is 1. The van der Waals surface area contributed by atoms with Crippen molar-refractivity contribution in [1.29, 1.82) is 0 Å². The Balaban J connectivity index is 0.000000458. The first-order chi connectivity index (χ1) is 12.6. The molecule has 0 unspecified atom stereocenters. The molecule has 0 heterocycles. The molecule has 0 saturated carbocycles. The molecule has 26 heavy (non-hydrogen) atoms. The predicted molar refractivity (Wildman–Crippen MR) is 101 cm³/mol. The van der Waals surface area contributed by atoms with E-state index in [9.17, 15) is 14.1 Å². The van der Waals surface area contributed by atoms with E-state index in [4.69, 9.17) is 9.84 Å². The lowest BCUT2D eigenvalue weighted by molar-refractivity contribution is -0.118. The van der Waals surface area contributed by atoms with Crippen LogP contribution in [-0.2, 0) is 4.79 Å². The van der Waals surface area contributed by atoms with Crippen molar-refractivity contribution in [2.75, 3.05) is 12.2 Å². The van der Waals surface area contributed by atoms with Crippen LogP contribution in [0.25, 0.3) is 0 Å². The van der Waals surface area contributed by atoms with Gasteiger partial charge in [-0.1, -0.05) is 41.8 Å². The first kappa shape index (κ1) is 23.3. The second kappa shape index (κ2) is 14.6. The van der Waals surface area contributed by atoms with Gasteiger partial charge < -0.3 is 9.84 Å². The number of nitrogens with zero attached hydrogens (tertiary/aromatic N) is 1. The molecule has 0 aliphatic rings. The van der Waals surface area contributed by atoms with E-state index in [1.165, 1.54) is 29.7 Å². The molecule has 2 N–H and O–H groups in total. The van der Waals surface area contributed by atoms with E-state index in [0.29, 0.717) is 0 Å². The van der Waals surface area contributed by atoms with Gasteiger partial charge in [0.1, 0.15) is 17.4 Å². The molecule has 0 aliphatic heterocycles. The zero-order valence-corrected chi connectivity index (χ0v) is 15.7. The number of benzene rings is 2. The number of rotatable bonds is 6. The predicted octanol–water partition coefficient (Wildman–Crippen LogP) is 3.79. The van der Waals surface area contributed by atoms with Crippen molar-refractivity contribution >= 4 is 24.1 Å². The van der Waals surface area contributed by atoms with Crippen LogP contribution in [-0.4, -0.2) is 34.8 Å². The molecular weight excluding hydrogens is 359 g/mol. The maximum absolute atomic E-state index is 12.7. The highest BCUT2D eigenvalue weighted by atomic mass is 32.2. The summed E-state index contributed by atoms with van der Waals surface area (Å²) in [7, 11) is 0. The summed E-state index contributed by atoms with van der Waals surface area (Å²) >= 11 is 1.67. The summed E-state index contributed by atoms with van der Waals surface area (Å²) in [4.78, 5) is 20.9. The van der Waals surface area contributed by atoms with E-state index in [0.717, 1.165) is 11.7 Å². The summed E-state index contributed by atoms with van der Waals surface area (Å²) in [5.41, 5.74) is 1.55. The highest BCUT2D eigenvalue weighted by Gasteiger charge is 2.14. The number of phenols is 1. The lowest BCUT2D eigenvalue weighted by Crippen LogP contribution is -2.35. The van der Waals surface area contributed by atoms with Crippen molar-refractivity contribution in [3.05, 3.63) is 60.2 Å². The quantitative estimate of drug-likeness (QED) is 0.344. The Morgan fingerprint density at radius 2 is 1.77 bits per heavy atom. The van der Waals surface area contributed by atoms with Crippen LogP contribution in [0.1, 0.15) is 24.2 Å². The van der Waals surface area contributed by atoms with Gasteiger partial charge in [0.15, 0.2) is 0 Å². The number of carbonyl (C=O) groups excluding carboxylic acids is 2. The maximum atomic E-state index is 12.7. The number of nitrogens with one attached hydrogen (secondary N) is 1. The monoisotopic (exact) mass is 382 g/mol. The van der Waals surface area contributed by atoms with Gasteiger partial charge >= 0.3 is 5.91 Å². The zero-order valence-electron chi connectivity index (χ0n) is 14.9. The Morgan fingerprint density at radius 3 is 2.27 bits per heavy atom. The SMILES string of the molecule is CC.CSCOc1ccccc1.O=CNN(F)C(=O)c1ccc(O)cc1. The maximum Gasteiger partial charge on any atom is 0.302 e. The highest BCUT2D eigenvalue weighted by Crippen LogP contribution is 2.11. The molecule has 0 radical (unpaired) electrons. The standard InChI is InChI=1S/C8H7FN2O3.C8H10OS.C2H6/c9-11(10-5-12)8(14)6-1-3-7(13)4-2-6;1-10-7-9-8-5-3-2-4-6-8;1-2/h1-5,13H,(H,10,12);2-6H,7H2,1H3;1-2H3. The van der Waals surface area contributed by atoms with Gasteiger partial charge in [-0.3, -0.25) is 9.59 Å². The van der Waals surface area contributed by atoms with E-state index < -0.39 is 11.1 Å². The number of hydrogen-bond acceptors (Lipinski definition) is 5. The summed E-state index contributed by atoms with van der Waals surface area (Å²) in [5.74, 6) is 0.619. The van der Waals surface area contributed by atoms with Crippen LogP contribution in [0.2, 0.25) is 0 Å². The van der Waals surface area contributed by atoms with Crippen molar-refractivity contribution in [1.82, 2.24) is 10.7 Å². The van der Waals surface area contributed by atoms with E-state index in [2.05, 4.69) is 0 Å². The molecule has 2 aromatic rings. The van der Waals surface area contributed by atoms with Crippen LogP contribution in [0, 0.1) is 0 Å². The molecule has 2 amide bonds. The average Bonchev–Trinajstić information content (AvgIpc) is 2.69. The van der Waals surface area contributed by atoms with E-state index in [1.54, 1.807) is 11.8 Å². The minimum Gasteiger partial charge on any atom is -0.508 e. The third-order valence-corrected chi connectivity index (χ3v) is 2.90. The van der Waals surface area contributed by atoms with Gasteiger partial charge in [0, 0.05) is 5.56 Å². The molecule has 0 spiro atoms. The molecule has 0 atom stereocenters. The second-order valence-electron chi connectivity index (χ2n) is 4.24. The molecule has 8 heteroatoms. The first-order valence-electron chi connectivity index (χ1n) is 7.74. The molecule has 0 aliphatic carbocycles. The zero-order chi connectivity index (χ0) is 19.8. The Morgan fingerprint density at radius 1 is 1.19 bits per heavy atom. The fourth-order valence-electron chi connectivity index (χ4n) is 1.47. The summed E-state index contributed by atoms with van der Waals surface area (Å²) in [6, 6.07) is 14.8. The molecule has 0 saturated heterocycles. The van der Waals surface area contributed by atoms with Gasteiger partial charge in [0.25, 0.3) is 0 Å². The van der Waals surface area contributed by atoms with Gasteiger partial charge in [-0.25, -0.2) is 5.43 Å². The van der Waals surface area contributed by atoms with Crippen LogP contribution in [0.5, 0.6) is 11.5 Å². The van der Waals surface area contributed by atoms with Crippen molar-refractivity contribution in [3.8, 4) is 11.5 Å². The lowest BCUT2D eigenvalue weighted by atomic mass is 10.2. The van der Waals surface area contributed by atoms with Crippen molar-refractivity contribution < 1.29 is 23.9 Å². The minimum atomic E-state index is -1.02. The summed E-state index contributed by atoms with van der Waals surface area (Å²) < 4.78 is 18.0. The minimum absolute atomic E-state index is 0.0136. The van der Waals surface area contributed by atoms with E-state index in [-0.39, 0.29) is 17.7 Å². The number of carbonyl (C=O) groups is 2. The van der Waals surface area contributed by atoms with Crippen molar-refractivity contribution in [3.63, 3.8) is 0 Å². The number of ether oxygens (including phenoxy) is 1. The molecule has 2 aromatic carbocycles. The number of phenolic OH excluding ortho intramolecular Hbond substituents is 1. The molecule has 2 rings (SSSR count). The normalized spacial score (nSPS) is 8.77. The Labute approximate surface area is 156 Å². The van der Waals surface area contributed by atoms with E-state index >= 15 is 0 Å². The van der Waals surface area contributed by atoms with Crippen LogP contribution in [0.15, 0.2) is 54.6 Å². The smallest absolute Gasteiger partial charge is 0.302 e. The number of aromatic hydroxyl groups is 1. The van der Waals surface area contributed by atoms with Crippen LogP contribution >= 0.6 is 11.8 Å². The van der Waals surface area contributed by atoms with Gasteiger partial charge in [-0.05, 0) is 42.7 Å². The van der Waals surface area contributed by atoms with Gasteiger partial charge in [0.05, 0.1) is 0 Å². The number of thioether (sulfide) groups is 1. The largest absolute Gasteiger partial charge is 0.508 e. The Bertz CT molecular complexity index is 627. The topological polar surface area (TPSA) is 78.9 Å². The molecule has 6 nitrogen and oxygen atoms in total. The van der Waals surface area contributed by atoms with Crippen molar-refractivity contribution in [2.24, 2.45) is 0 Å². The fourth-order valence-corrected chi connectivity index (χ4v) is 1.72. The van der Waals surface area contributed by atoms with Crippen LogP contribution in [0.3, 0.4) is 0 Å². The molecule has 0 fully saturated rings. The third kappa shape index (κ3) is 9.53. The summed E-state index contributed by atoms with van der Waals surface area (Å²) in [6.45, 7) is 4.00. The fraction of sp³-hybridized carbons (Fsp3) is 0.222. The first-order valence-corrected chi connectivity index (χ1v) is 9.13. The number of hydrogen-bond donors (Lipinski definition) is 2. The lowest BCUT2D eigenvalue weighted by Gasteiger charge is -2.08. The second-order valence-corrected chi connectivity index (χ2v) is 5.06. The average molecular weight is 382 g/mol. The molecule has 0 bridgehead atoms. The van der Waals surface area contributed by atoms with Crippen molar-refractivity contribution in [2.45, 2.75) is 13.8 Å². The molecular formula is C18H23FN2O4S. The van der Waals surface area contributed by atoms with Gasteiger partial charge in [-0.2, -0.15) is 0 Å². The van der Waals surface area contributed by atoms with Gasteiger partial charge in [-0.15, -0.1) is 11.8 Å². The van der Waals surface area contributed by atoms with Crippen LogP contribution in [0.4, 0.5) is 4.48 Å². The van der Waals surface area contributed by atoms with Gasteiger partial charge in [0.2, 0.25) is 6.41 Å². The Hall–Kier alpha value is -2.74. The summed E-state index contributed by atoms with van der Waals surface area (Å²) in [6.07, 6.45) is 2.06. The Kier molecular flexibility index (Phi) is 13.1. The highest BCUT2D eigenvalue weighted by molar-refractivity contribution is 7.98. The third-order valence-electron chi connectivity index (χ3n) is 2.55. The number of hydrazine groups is 1. The number of para-hydroxylation sites is 1. The molecule has 142 valence electrons. The molecule has 0 aromatic heterocycles. The van der Waals surface area contributed by atoms with Crippen LogP contribution < -0.4 is 10.2 Å². The summed E-state index contributed by atoms with van der Waals surface area (Å²) in [5, 5.41) is 8.44. The number of amides is 2. The van der Waals surface area contributed by atoms with E-state index in [1.807, 2.05) is 50.4 Å².